The van der Waals surface area contributed by atoms with Gasteiger partial charge in [0.05, 0.1) is 23.4 Å². The molecule has 0 unspecified atom stereocenters. The molecule has 30 heavy (non-hydrogen) atoms. The van der Waals surface area contributed by atoms with E-state index in [0.717, 1.165) is 16.5 Å². The van der Waals surface area contributed by atoms with Gasteiger partial charge in [-0.25, -0.2) is 18.2 Å². The van der Waals surface area contributed by atoms with Crippen molar-refractivity contribution in [3.63, 3.8) is 0 Å². The minimum atomic E-state index is -3.60. The van der Waals surface area contributed by atoms with E-state index in [2.05, 4.69) is 5.10 Å². The van der Waals surface area contributed by atoms with E-state index in [0.29, 0.717) is 23.2 Å². The minimum absolute atomic E-state index is 0. The van der Waals surface area contributed by atoms with Crippen molar-refractivity contribution in [3.05, 3.63) is 100 Å². The Kier molecular flexibility index (Phi) is 6.36. The molecule has 0 amide bonds. The molecule has 6 nitrogen and oxygen atoms in total. The van der Waals surface area contributed by atoms with E-state index >= 15 is 0 Å². The van der Waals surface area contributed by atoms with Crippen LogP contribution >= 0.6 is 12.4 Å². The van der Waals surface area contributed by atoms with Gasteiger partial charge in [-0.2, -0.15) is 5.10 Å². The second kappa shape index (κ2) is 8.79. The molecule has 0 radical (unpaired) electrons. The van der Waals surface area contributed by atoms with Crippen LogP contribution in [-0.4, -0.2) is 18.2 Å². The lowest BCUT2D eigenvalue weighted by Crippen LogP contribution is -2.24. The molecular weight excluding hydrogens is 422 g/mol. The number of benzene rings is 3. The van der Waals surface area contributed by atoms with Crippen molar-refractivity contribution in [1.82, 2.24) is 9.78 Å². The number of rotatable bonds is 5. The number of aromatic nitrogens is 2. The SMILES string of the molecule is Cl.NS(=O)(=O)Cc1ccc(-c2nn(Cc3ccccc3)c(=O)c3ccccc23)cc1. The van der Waals surface area contributed by atoms with Crippen LogP contribution in [0.25, 0.3) is 22.0 Å². The topological polar surface area (TPSA) is 95.1 Å². The first-order chi connectivity index (χ1) is 13.9. The van der Waals surface area contributed by atoms with Gasteiger partial charge in [0.25, 0.3) is 5.56 Å². The number of hydrogen-bond acceptors (Lipinski definition) is 4. The van der Waals surface area contributed by atoms with Gasteiger partial charge in [-0.15, -0.1) is 12.4 Å². The zero-order chi connectivity index (χ0) is 20.4. The third kappa shape index (κ3) is 4.76. The van der Waals surface area contributed by atoms with Crippen LogP contribution in [0, 0.1) is 0 Å². The predicted octanol–water partition coefficient (Wildman–Crippen LogP) is 3.32. The molecule has 0 bridgehead atoms. The van der Waals surface area contributed by atoms with Gasteiger partial charge >= 0.3 is 0 Å². The van der Waals surface area contributed by atoms with Gasteiger partial charge in [0.15, 0.2) is 0 Å². The van der Waals surface area contributed by atoms with Crippen LogP contribution in [-0.2, 0) is 22.3 Å². The van der Waals surface area contributed by atoms with Crippen molar-refractivity contribution in [2.24, 2.45) is 5.14 Å². The van der Waals surface area contributed by atoms with Crippen molar-refractivity contribution in [3.8, 4) is 11.3 Å². The van der Waals surface area contributed by atoms with E-state index < -0.39 is 10.0 Å². The highest BCUT2D eigenvalue weighted by molar-refractivity contribution is 7.88. The Morgan fingerprint density at radius 2 is 1.40 bits per heavy atom. The summed E-state index contributed by atoms with van der Waals surface area (Å²) in [6.45, 7) is 0.362. The Morgan fingerprint density at radius 3 is 2.03 bits per heavy atom. The van der Waals surface area contributed by atoms with Crippen LogP contribution in [0.2, 0.25) is 0 Å². The van der Waals surface area contributed by atoms with E-state index in [1.165, 1.54) is 4.68 Å². The number of halogens is 1. The summed E-state index contributed by atoms with van der Waals surface area (Å²) >= 11 is 0. The first-order valence-corrected chi connectivity index (χ1v) is 10.8. The number of primary sulfonamides is 1. The Hall–Kier alpha value is -3.00. The standard InChI is InChI=1S/C22H19N3O3S.ClH/c23-29(27,28)15-17-10-12-18(13-11-17)21-19-8-4-5-9-20(19)22(26)25(24-21)14-16-6-2-1-3-7-16;/h1-13H,14-15H2,(H2,23,27,28);1H. The monoisotopic (exact) mass is 441 g/mol. The fourth-order valence-electron chi connectivity index (χ4n) is 3.30. The number of sulfonamides is 1. The van der Waals surface area contributed by atoms with Crippen LogP contribution < -0.4 is 10.7 Å². The summed E-state index contributed by atoms with van der Waals surface area (Å²) in [6, 6.07) is 24.0. The molecule has 0 saturated heterocycles. The van der Waals surface area contributed by atoms with E-state index in [-0.39, 0.29) is 23.7 Å². The summed E-state index contributed by atoms with van der Waals surface area (Å²) in [7, 11) is -3.60. The normalized spacial score (nSPS) is 11.2. The molecule has 0 spiro atoms. The maximum atomic E-state index is 12.9. The van der Waals surface area contributed by atoms with Gasteiger partial charge < -0.3 is 0 Å². The number of nitrogens with zero attached hydrogens (tertiary/aromatic N) is 2. The predicted molar refractivity (Wildman–Crippen MR) is 121 cm³/mol. The molecule has 154 valence electrons. The summed E-state index contributed by atoms with van der Waals surface area (Å²) in [6.07, 6.45) is 0. The Morgan fingerprint density at radius 1 is 0.800 bits per heavy atom. The number of nitrogens with two attached hydrogens (primary N) is 1. The van der Waals surface area contributed by atoms with Crippen LogP contribution in [0.1, 0.15) is 11.1 Å². The Bertz CT molecular complexity index is 1340. The molecule has 2 N–H and O–H groups in total. The molecule has 4 rings (SSSR count). The summed E-state index contributed by atoms with van der Waals surface area (Å²) in [5.41, 5.74) is 2.88. The van der Waals surface area contributed by atoms with Gasteiger partial charge in [-0.1, -0.05) is 72.8 Å². The lowest BCUT2D eigenvalue weighted by atomic mass is 10.0. The van der Waals surface area contributed by atoms with Crippen LogP contribution in [0.15, 0.2) is 83.7 Å². The highest BCUT2D eigenvalue weighted by Gasteiger charge is 2.13. The van der Waals surface area contributed by atoms with Gasteiger partial charge in [-0.3, -0.25) is 4.79 Å². The first-order valence-electron chi connectivity index (χ1n) is 9.04. The third-order valence-electron chi connectivity index (χ3n) is 4.64. The van der Waals surface area contributed by atoms with E-state index in [1.807, 2.05) is 48.5 Å². The molecule has 0 saturated carbocycles. The summed E-state index contributed by atoms with van der Waals surface area (Å²) in [5, 5.41) is 11.1. The highest BCUT2D eigenvalue weighted by atomic mass is 35.5. The van der Waals surface area contributed by atoms with Crippen molar-refractivity contribution in [1.29, 1.82) is 0 Å². The molecule has 3 aromatic carbocycles. The van der Waals surface area contributed by atoms with Gasteiger partial charge in [0.2, 0.25) is 10.0 Å². The molecule has 0 aliphatic rings. The average molecular weight is 442 g/mol. The van der Waals surface area contributed by atoms with E-state index in [1.54, 1.807) is 30.3 Å². The molecule has 8 heteroatoms. The number of hydrogen-bond donors (Lipinski definition) is 1. The summed E-state index contributed by atoms with van der Waals surface area (Å²) < 4.78 is 24.1. The largest absolute Gasteiger partial charge is 0.274 e. The maximum absolute atomic E-state index is 12.9. The first kappa shape index (κ1) is 21.7. The Labute approximate surface area is 180 Å². The molecule has 0 atom stereocenters. The van der Waals surface area contributed by atoms with Gasteiger partial charge in [0, 0.05) is 10.9 Å². The minimum Gasteiger partial charge on any atom is -0.267 e. The molecule has 1 heterocycles. The van der Waals surface area contributed by atoms with Crippen molar-refractivity contribution < 1.29 is 8.42 Å². The highest BCUT2D eigenvalue weighted by Crippen LogP contribution is 2.25. The summed E-state index contributed by atoms with van der Waals surface area (Å²) in [5.74, 6) is -0.227. The van der Waals surface area contributed by atoms with Crippen molar-refractivity contribution in [2.45, 2.75) is 12.3 Å². The summed E-state index contributed by atoms with van der Waals surface area (Å²) in [4.78, 5) is 12.9. The van der Waals surface area contributed by atoms with Crippen molar-refractivity contribution in [2.75, 3.05) is 0 Å². The smallest absolute Gasteiger partial charge is 0.267 e. The third-order valence-corrected chi connectivity index (χ3v) is 5.37. The molecule has 0 aliphatic heterocycles. The van der Waals surface area contributed by atoms with Gasteiger partial charge in [0.1, 0.15) is 0 Å². The fraction of sp³-hybridized carbons (Fsp3) is 0.0909. The van der Waals surface area contributed by atoms with E-state index in [9.17, 15) is 13.2 Å². The molecule has 4 aromatic rings. The average Bonchev–Trinajstić information content (AvgIpc) is 2.70. The fourth-order valence-corrected chi connectivity index (χ4v) is 3.96. The maximum Gasteiger partial charge on any atom is 0.274 e. The second-order valence-electron chi connectivity index (χ2n) is 6.85. The molecular formula is C22H20ClN3O3S. The van der Waals surface area contributed by atoms with Crippen molar-refractivity contribution >= 4 is 33.2 Å². The molecule has 0 fully saturated rings. The zero-order valence-electron chi connectivity index (χ0n) is 15.9. The number of fused-ring (bicyclic) bond motifs is 1. The van der Waals surface area contributed by atoms with Crippen LogP contribution in [0.4, 0.5) is 0 Å². The van der Waals surface area contributed by atoms with Crippen LogP contribution in [0.5, 0.6) is 0 Å². The second-order valence-corrected chi connectivity index (χ2v) is 8.46. The molecule has 1 aromatic heterocycles. The van der Waals surface area contributed by atoms with E-state index in [4.69, 9.17) is 5.14 Å². The quantitative estimate of drug-likeness (QED) is 0.514. The lowest BCUT2D eigenvalue weighted by Gasteiger charge is -2.12. The van der Waals surface area contributed by atoms with Crippen LogP contribution in [0.3, 0.4) is 0 Å². The van der Waals surface area contributed by atoms with Gasteiger partial charge in [-0.05, 0) is 17.2 Å². The Balaban J connectivity index is 0.00000256. The zero-order valence-corrected chi connectivity index (χ0v) is 17.6. The lowest BCUT2D eigenvalue weighted by molar-refractivity contribution is 0.597. The molecule has 0 aliphatic carbocycles.